The fraction of sp³-hybridized carbons (Fsp3) is 0.133. The Kier molecular flexibility index (Phi) is 2.60. The number of nitrogens with zero attached hydrogens (tertiary/aromatic N) is 6. The lowest BCUT2D eigenvalue weighted by Gasteiger charge is -2.10. The monoisotopic (exact) mass is 278 g/mol. The maximum atomic E-state index is 4.46. The molecular weight excluding hydrogens is 264 g/mol. The maximum Gasteiger partial charge on any atom is 0.145 e. The maximum absolute atomic E-state index is 4.46. The molecule has 4 aromatic rings. The van der Waals surface area contributed by atoms with Crippen LogP contribution in [0.2, 0.25) is 0 Å². The fourth-order valence-electron chi connectivity index (χ4n) is 2.52. The molecule has 6 nitrogen and oxygen atoms in total. The number of aryl methyl sites for hydroxylation is 1. The Morgan fingerprint density at radius 3 is 2.95 bits per heavy atom. The van der Waals surface area contributed by atoms with Gasteiger partial charge in [-0.3, -0.25) is 9.25 Å². The molecule has 0 aromatic carbocycles. The van der Waals surface area contributed by atoms with Gasteiger partial charge in [0.25, 0.3) is 0 Å². The number of fused-ring (bicyclic) bond motifs is 1. The van der Waals surface area contributed by atoms with Crippen LogP contribution in [0, 0.1) is 0 Å². The molecule has 104 valence electrons. The molecule has 4 aromatic heterocycles. The molecule has 0 aliphatic carbocycles. The van der Waals surface area contributed by atoms with Crippen LogP contribution in [0.3, 0.4) is 0 Å². The van der Waals surface area contributed by atoms with Crippen LogP contribution >= 0.6 is 0 Å². The van der Waals surface area contributed by atoms with Crippen molar-refractivity contribution in [2.75, 3.05) is 0 Å². The van der Waals surface area contributed by atoms with E-state index in [1.807, 2.05) is 42.6 Å². The second-order valence-corrected chi connectivity index (χ2v) is 4.93. The highest BCUT2D eigenvalue weighted by atomic mass is 15.3. The van der Waals surface area contributed by atoms with Crippen LogP contribution in [0.15, 0.2) is 55.4 Å². The molecule has 0 aliphatic rings. The van der Waals surface area contributed by atoms with E-state index in [-0.39, 0.29) is 0 Å². The normalized spacial score (nSPS) is 11.3. The first-order chi connectivity index (χ1) is 10.3. The van der Waals surface area contributed by atoms with Crippen molar-refractivity contribution in [2.45, 2.75) is 6.54 Å². The van der Waals surface area contributed by atoms with E-state index in [0.717, 1.165) is 29.1 Å². The van der Waals surface area contributed by atoms with Crippen LogP contribution in [-0.4, -0.2) is 28.9 Å². The zero-order valence-electron chi connectivity index (χ0n) is 11.6. The number of aromatic nitrogens is 6. The minimum absolute atomic E-state index is 0.721. The molecule has 0 atom stereocenters. The average Bonchev–Trinajstić information content (AvgIpc) is 3.20. The van der Waals surface area contributed by atoms with Gasteiger partial charge in [0.15, 0.2) is 0 Å². The molecular formula is C15H14N6. The van der Waals surface area contributed by atoms with Crippen molar-refractivity contribution in [3.8, 4) is 5.82 Å². The fourth-order valence-corrected chi connectivity index (χ4v) is 2.52. The Labute approximate surface area is 121 Å². The van der Waals surface area contributed by atoms with Crippen LogP contribution in [0.1, 0.15) is 5.69 Å². The lowest BCUT2D eigenvalue weighted by molar-refractivity contribution is 0.658. The highest BCUT2D eigenvalue weighted by molar-refractivity contribution is 5.77. The predicted octanol–water partition coefficient (Wildman–Crippen LogP) is 2.00. The molecule has 0 bridgehead atoms. The van der Waals surface area contributed by atoms with Crippen molar-refractivity contribution in [3.05, 3.63) is 61.1 Å². The SMILES string of the molecule is Cn1nccc1Cn1cncc1-n1ccc2cccnc21. The summed E-state index contributed by atoms with van der Waals surface area (Å²) in [6.07, 6.45) is 9.31. The Bertz CT molecular complexity index is 898. The molecule has 0 fully saturated rings. The number of hydrogen-bond acceptors (Lipinski definition) is 3. The van der Waals surface area contributed by atoms with Crippen LogP contribution in [0.4, 0.5) is 0 Å². The van der Waals surface area contributed by atoms with Gasteiger partial charge >= 0.3 is 0 Å². The molecule has 0 radical (unpaired) electrons. The third kappa shape index (κ3) is 1.92. The third-order valence-electron chi connectivity index (χ3n) is 3.64. The number of rotatable bonds is 3. The highest BCUT2D eigenvalue weighted by Crippen LogP contribution is 2.18. The largest absolute Gasteiger partial charge is 0.311 e. The second kappa shape index (κ2) is 4.59. The minimum Gasteiger partial charge on any atom is -0.311 e. The summed E-state index contributed by atoms with van der Waals surface area (Å²) in [7, 11) is 1.94. The van der Waals surface area contributed by atoms with Crippen molar-refractivity contribution in [3.63, 3.8) is 0 Å². The van der Waals surface area contributed by atoms with Gasteiger partial charge in [0.05, 0.1) is 24.8 Å². The van der Waals surface area contributed by atoms with Gasteiger partial charge in [-0.25, -0.2) is 9.97 Å². The Balaban J connectivity index is 1.80. The number of pyridine rings is 1. The van der Waals surface area contributed by atoms with Crippen molar-refractivity contribution in [2.24, 2.45) is 7.05 Å². The van der Waals surface area contributed by atoms with E-state index in [0.29, 0.717) is 0 Å². The molecule has 4 heterocycles. The van der Waals surface area contributed by atoms with Crippen LogP contribution in [0.25, 0.3) is 16.9 Å². The van der Waals surface area contributed by atoms with E-state index in [9.17, 15) is 0 Å². The first-order valence-corrected chi connectivity index (χ1v) is 6.72. The van der Waals surface area contributed by atoms with Gasteiger partial charge in [-0.15, -0.1) is 0 Å². The molecule has 21 heavy (non-hydrogen) atoms. The van der Waals surface area contributed by atoms with Gasteiger partial charge in [0.2, 0.25) is 0 Å². The molecule has 6 heteroatoms. The van der Waals surface area contributed by atoms with Crippen molar-refractivity contribution in [1.29, 1.82) is 0 Å². The van der Waals surface area contributed by atoms with Gasteiger partial charge in [0, 0.05) is 31.0 Å². The van der Waals surface area contributed by atoms with E-state index < -0.39 is 0 Å². The van der Waals surface area contributed by atoms with Crippen LogP contribution in [0.5, 0.6) is 0 Å². The van der Waals surface area contributed by atoms with Crippen LogP contribution in [-0.2, 0) is 13.6 Å². The quantitative estimate of drug-likeness (QED) is 0.576. The summed E-state index contributed by atoms with van der Waals surface area (Å²) >= 11 is 0. The lowest BCUT2D eigenvalue weighted by Crippen LogP contribution is -2.09. The summed E-state index contributed by atoms with van der Waals surface area (Å²) in [5.41, 5.74) is 2.06. The van der Waals surface area contributed by atoms with Gasteiger partial charge in [-0.1, -0.05) is 0 Å². The molecule has 0 N–H and O–H groups in total. The topological polar surface area (TPSA) is 53.5 Å². The molecule has 0 saturated carbocycles. The predicted molar refractivity (Wildman–Crippen MR) is 79.2 cm³/mol. The van der Waals surface area contributed by atoms with Gasteiger partial charge in [0.1, 0.15) is 11.5 Å². The molecule has 0 unspecified atom stereocenters. The zero-order valence-corrected chi connectivity index (χ0v) is 11.6. The first kappa shape index (κ1) is 11.9. The molecule has 0 amide bonds. The van der Waals surface area contributed by atoms with Gasteiger partial charge < -0.3 is 4.57 Å². The van der Waals surface area contributed by atoms with E-state index >= 15 is 0 Å². The van der Waals surface area contributed by atoms with E-state index in [2.05, 4.69) is 36.3 Å². The summed E-state index contributed by atoms with van der Waals surface area (Å²) in [6, 6.07) is 8.07. The smallest absolute Gasteiger partial charge is 0.145 e. The zero-order chi connectivity index (χ0) is 14.2. The Hall–Kier alpha value is -2.89. The van der Waals surface area contributed by atoms with E-state index in [1.165, 1.54) is 0 Å². The summed E-state index contributed by atoms with van der Waals surface area (Å²) < 4.78 is 6.01. The molecule has 0 spiro atoms. The standard InChI is InChI=1S/C15H14N6/c1-19-13(4-7-18-19)10-20-11-16-9-14(20)21-8-5-12-3-2-6-17-15(12)21/h2-9,11H,10H2,1H3. The van der Waals surface area contributed by atoms with Crippen molar-refractivity contribution >= 4 is 11.0 Å². The minimum atomic E-state index is 0.721. The van der Waals surface area contributed by atoms with E-state index in [4.69, 9.17) is 0 Å². The lowest BCUT2D eigenvalue weighted by atomic mass is 10.3. The molecule has 0 aliphatic heterocycles. The summed E-state index contributed by atoms with van der Waals surface area (Å²) in [5.74, 6) is 0.991. The Morgan fingerprint density at radius 1 is 1.14 bits per heavy atom. The first-order valence-electron chi connectivity index (χ1n) is 6.72. The highest BCUT2D eigenvalue weighted by Gasteiger charge is 2.10. The number of hydrogen-bond donors (Lipinski definition) is 0. The third-order valence-corrected chi connectivity index (χ3v) is 3.64. The summed E-state index contributed by atoms with van der Waals surface area (Å²) in [4.78, 5) is 8.74. The van der Waals surface area contributed by atoms with Crippen molar-refractivity contribution < 1.29 is 0 Å². The van der Waals surface area contributed by atoms with Crippen molar-refractivity contribution in [1.82, 2.24) is 28.9 Å². The molecule has 0 saturated heterocycles. The summed E-state index contributed by atoms with van der Waals surface area (Å²) in [5, 5.41) is 5.32. The Morgan fingerprint density at radius 2 is 2.10 bits per heavy atom. The van der Waals surface area contributed by atoms with E-state index in [1.54, 1.807) is 12.4 Å². The second-order valence-electron chi connectivity index (χ2n) is 4.93. The molecule has 4 rings (SSSR count). The van der Waals surface area contributed by atoms with Crippen LogP contribution < -0.4 is 0 Å². The van der Waals surface area contributed by atoms with Gasteiger partial charge in [-0.05, 0) is 24.3 Å². The van der Waals surface area contributed by atoms with Gasteiger partial charge in [-0.2, -0.15) is 5.10 Å². The summed E-state index contributed by atoms with van der Waals surface area (Å²) in [6.45, 7) is 0.721. The average molecular weight is 278 g/mol. The number of imidazole rings is 1.